The van der Waals surface area contributed by atoms with E-state index in [4.69, 9.17) is 0 Å². The number of para-hydroxylation sites is 1. The average Bonchev–Trinajstić information content (AvgIpc) is 2.83. The molecule has 1 aromatic heterocycles. The smallest absolute Gasteiger partial charge is 0.146 e. The molecule has 1 atom stereocenters. The van der Waals surface area contributed by atoms with Gasteiger partial charge in [-0.3, -0.25) is 4.68 Å². The molecule has 0 amide bonds. The minimum atomic E-state index is -0.191. The summed E-state index contributed by atoms with van der Waals surface area (Å²) < 4.78 is 16.1. The lowest BCUT2D eigenvalue weighted by Gasteiger charge is -2.25. The highest BCUT2D eigenvalue weighted by Gasteiger charge is 2.17. The van der Waals surface area contributed by atoms with Gasteiger partial charge < -0.3 is 10.2 Å². The Morgan fingerprint density at radius 1 is 1.43 bits per heavy atom. The van der Waals surface area contributed by atoms with Gasteiger partial charge in [0.2, 0.25) is 0 Å². The quantitative estimate of drug-likeness (QED) is 0.888. The fourth-order valence-corrected chi connectivity index (χ4v) is 2.61. The van der Waals surface area contributed by atoms with Gasteiger partial charge in [0.15, 0.2) is 0 Å². The molecule has 1 aromatic carbocycles. The number of hydrogen-bond donors (Lipinski definition) is 1. The number of aryl methyl sites for hydroxylation is 1. The van der Waals surface area contributed by atoms with E-state index in [0.29, 0.717) is 12.2 Å². The molecule has 0 radical (unpaired) electrons. The topological polar surface area (TPSA) is 33.1 Å². The van der Waals surface area contributed by atoms with Crippen LogP contribution >= 0.6 is 0 Å². The number of rotatable bonds is 6. The maximum Gasteiger partial charge on any atom is 0.146 e. The molecule has 0 saturated carbocycles. The molecule has 1 N–H and O–H groups in total. The van der Waals surface area contributed by atoms with Crippen molar-refractivity contribution in [1.82, 2.24) is 15.1 Å². The second-order valence-corrected chi connectivity index (χ2v) is 5.34. The summed E-state index contributed by atoms with van der Waals surface area (Å²) in [5.74, 6) is -0.191. The predicted octanol–water partition coefficient (Wildman–Crippen LogP) is 2.87. The maximum absolute atomic E-state index is 14.3. The number of halogens is 1. The molecule has 5 heteroatoms. The first-order chi connectivity index (χ1) is 10.0. The summed E-state index contributed by atoms with van der Waals surface area (Å²) in [4.78, 5) is 1.94. The maximum atomic E-state index is 14.3. The van der Waals surface area contributed by atoms with Crippen molar-refractivity contribution < 1.29 is 4.39 Å². The zero-order chi connectivity index (χ0) is 15.4. The van der Waals surface area contributed by atoms with Gasteiger partial charge in [0.1, 0.15) is 5.82 Å². The summed E-state index contributed by atoms with van der Waals surface area (Å²) in [5.41, 5.74) is 2.68. The van der Waals surface area contributed by atoms with E-state index in [2.05, 4.69) is 24.3 Å². The van der Waals surface area contributed by atoms with E-state index in [1.54, 1.807) is 10.7 Å². The van der Waals surface area contributed by atoms with Crippen molar-refractivity contribution in [2.75, 3.05) is 18.5 Å². The van der Waals surface area contributed by atoms with Gasteiger partial charge in [-0.1, -0.05) is 19.1 Å². The monoisotopic (exact) mass is 290 g/mol. The lowest BCUT2D eigenvalue weighted by Crippen LogP contribution is -2.24. The Kier molecular flexibility index (Phi) is 4.96. The van der Waals surface area contributed by atoms with Gasteiger partial charge in [0.05, 0.1) is 11.9 Å². The Morgan fingerprint density at radius 3 is 2.81 bits per heavy atom. The number of nitrogens with one attached hydrogen (secondary N) is 1. The third kappa shape index (κ3) is 3.61. The van der Waals surface area contributed by atoms with Crippen molar-refractivity contribution in [1.29, 1.82) is 0 Å². The third-order valence-corrected chi connectivity index (χ3v) is 3.55. The molecular weight excluding hydrogens is 267 g/mol. The van der Waals surface area contributed by atoms with Gasteiger partial charge in [-0.15, -0.1) is 0 Å². The summed E-state index contributed by atoms with van der Waals surface area (Å²) >= 11 is 0. The molecular formula is C16H23FN4. The number of anilines is 1. The van der Waals surface area contributed by atoms with E-state index in [-0.39, 0.29) is 11.9 Å². The van der Waals surface area contributed by atoms with Gasteiger partial charge in [-0.05, 0) is 25.1 Å². The van der Waals surface area contributed by atoms with Crippen LogP contribution in [0.15, 0.2) is 30.6 Å². The molecule has 0 saturated heterocycles. The summed E-state index contributed by atoms with van der Waals surface area (Å²) in [6.45, 7) is 5.58. The Hall–Kier alpha value is -1.88. The standard InChI is InChI=1S/C16H23FN4/c1-5-18-12(2)14-7-6-8-15(17)16(14)20(3)10-13-9-19-21(4)11-13/h6-9,11-12,18H,5,10H2,1-4H3. The average molecular weight is 290 g/mol. The van der Waals surface area contributed by atoms with Crippen LogP contribution < -0.4 is 10.2 Å². The first kappa shape index (κ1) is 15.5. The summed E-state index contributed by atoms with van der Waals surface area (Å²) in [6, 6.07) is 5.36. The lowest BCUT2D eigenvalue weighted by molar-refractivity contribution is 0.579. The van der Waals surface area contributed by atoms with E-state index >= 15 is 0 Å². The SMILES string of the molecule is CCNC(C)c1cccc(F)c1N(C)Cc1cnn(C)c1. The third-order valence-electron chi connectivity index (χ3n) is 3.55. The fourth-order valence-electron chi connectivity index (χ4n) is 2.61. The fraction of sp³-hybridized carbons (Fsp3) is 0.438. The van der Waals surface area contributed by atoms with Crippen molar-refractivity contribution in [3.05, 3.63) is 47.5 Å². The van der Waals surface area contributed by atoms with E-state index in [1.165, 1.54) is 6.07 Å². The number of nitrogens with zero attached hydrogens (tertiary/aromatic N) is 3. The molecule has 114 valence electrons. The molecule has 0 fully saturated rings. The zero-order valence-corrected chi connectivity index (χ0v) is 13.1. The minimum Gasteiger partial charge on any atom is -0.368 e. The van der Waals surface area contributed by atoms with E-state index < -0.39 is 0 Å². The zero-order valence-electron chi connectivity index (χ0n) is 13.1. The van der Waals surface area contributed by atoms with E-state index in [1.807, 2.05) is 37.5 Å². The summed E-state index contributed by atoms with van der Waals surface area (Å²) in [7, 11) is 3.79. The van der Waals surface area contributed by atoms with Gasteiger partial charge in [-0.2, -0.15) is 5.10 Å². The number of benzene rings is 1. The van der Waals surface area contributed by atoms with Gasteiger partial charge in [0, 0.05) is 38.4 Å². The highest BCUT2D eigenvalue weighted by molar-refractivity contribution is 5.55. The number of aromatic nitrogens is 2. The Morgan fingerprint density at radius 2 is 2.19 bits per heavy atom. The predicted molar refractivity (Wildman–Crippen MR) is 83.8 cm³/mol. The van der Waals surface area contributed by atoms with Crippen LogP contribution in [-0.4, -0.2) is 23.4 Å². The molecule has 0 spiro atoms. The molecule has 0 aliphatic heterocycles. The van der Waals surface area contributed by atoms with E-state index in [9.17, 15) is 4.39 Å². The second kappa shape index (κ2) is 6.72. The molecule has 0 aliphatic carbocycles. The van der Waals surface area contributed by atoms with Crippen molar-refractivity contribution in [2.24, 2.45) is 7.05 Å². The molecule has 2 rings (SSSR count). The molecule has 4 nitrogen and oxygen atoms in total. The minimum absolute atomic E-state index is 0.108. The molecule has 1 unspecified atom stereocenters. The van der Waals surface area contributed by atoms with Gasteiger partial charge in [0.25, 0.3) is 0 Å². The van der Waals surface area contributed by atoms with Crippen molar-refractivity contribution >= 4 is 5.69 Å². The second-order valence-electron chi connectivity index (χ2n) is 5.34. The molecule has 0 aliphatic rings. The van der Waals surface area contributed by atoms with Crippen LogP contribution in [0.25, 0.3) is 0 Å². The molecule has 0 bridgehead atoms. The molecule has 21 heavy (non-hydrogen) atoms. The van der Waals surface area contributed by atoms with Gasteiger partial charge in [-0.25, -0.2) is 4.39 Å². The van der Waals surface area contributed by atoms with Crippen molar-refractivity contribution in [3.63, 3.8) is 0 Å². The van der Waals surface area contributed by atoms with Crippen molar-refractivity contribution in [3.8, 4) is 0 Å². The van der Waals surface area contributed by atoms with Crippen LogP contribution in [0, 0.1) is 5.82 Å². The molecule has 1 heterocycles. The highest BCUT2D eigenvalue weighted by atomic mass is 19.1. The first-order valence-electron chi connectivity index (χ1n) is 7.23. The molecule has 2 aromatic rings. The van der Waals surface area contributed by atoms with Crippen LogP contribution in [0.2, 0.25) is 0 Å². The summed E-state index contributed by atoms with van der Waals surface area (Å²) in [6.07, 6.45) is 3.76. The van der Waals surface area contributed by atoms with Crippen LogP contribution in [0.5, 0.6) is 0 Å². The van der Waals surface area contributed by atoms with E-state index in [0.717, 1.165) is 17.7 Å². The van der Waals surface area contributed by atoms with Crippen LogP contribution in [-0.2, 0) is 13.6 Å². The van der Waals surface area contributed by atoms with Crippen LogP contribution in [0.4, 0.5) is 10.1 Å². The Bertz CT molecular complexity index is 594. The van der Waals surface area contributed by atoms with Crippen LogP contribution in [0.1, 0.15) is 31.0 Å². The Labute approximate surface area is 125 Å². The lowest BCUT2D eigenvalue weighted by atomic mass is 10.0. The Balaban J connectivity index is 2.28. The number of hydrogen-bond acceptors (Lipinski definition) is 3. The van der Waals surface area contributed by atoms with Crippen LogP contribution in [0.3, 0.4) is 0 Å². The highest BCUT2D eigenvalue weighted by Crippen LogP contribution is 2.29. The normalized spacial score (nSPS) is 12.4. The van der Waals surface area contributed by atoms with Gasteiger partial charge >= 0.3 is 0 Å². The van der Waals surface area contributed by atoms with Crippen molar-refractivity contribution in [2.45, 2.75) is 26.4 Å². The summed E-state index contributed by atoms with van der Waals surface area (Å²) in [5, 5.41) is 7.50. The first-order valence-corrected chi connectivity index (χ1v) is 7.23. The largest absolute Gasteiger partial charge is 0.368 e.